The van der Waals surface area contributed by atoms with E-state index in [-0.39, 0.29) is 24.4 Å². The molecule has 0 bridgehead atoms. The molecule has 0 aromatic carbocycles. The summed E-state index contributed by atoms with van der Waals surface area (Å²) in [6.45, 7) is 6.47. The van der Waals surface area contributed by atoms with Crippen LogP contribution in [0.5, 0.6) is 0 Å². The van der Waals surface area contributed by atoms with Gasteiger partial charge in [-0.1, -0.05) is 6.07 Å². The summed E-state index contributed by atoms with van der Waals surface area (Å²) in [7, 11) is 0. The van der Waals surface area contributed by atoms with Gasteiger partial charge in [0.25, 0.3) is 5.91 Å². The molecular formula is C16H20ClN3OS. The smallest absolute Gasteiger partial charge is 0.264 e. The Balaban J connectivity index is 0.00000176. The summed E-state index contributed by atoms with van der Waals surface area (Å²) in [5.41, 5.74) is 2.28. The number of nitrogens with zero attached hydrogens (tertiary/aromatic N) is 2. The van der Waals surface area contributed by atoms with Gasteiger partial charge in [-0.15, -0.1) is 23.7 Å². The summed E-state index contributed by atoms with van der Waals surface area (Å²) < 4.78 is 0. The Kier molecular flexibility index (Phi) is 5.56. The van der Waals surface area contributed by atoms with E-state index in [1.165, 1.54) is 10.4 Å². The van der Waals surface area contributed by atoms with Crippen LogP contribution in [-0.2, 0) is 0 Å². The number of carbonyl (C=O) groups excluding carboxylic acids is 1. The molecule has 1 N–H and O–H groups in total. The number of nitrogens with one attached hydrogen (secondary N) is 1. The summed E-state index contributed by atoms with van der Waals surface area (Å²) in [5.74, 6) is 0.131. The predicted octanol–water partition coefficient (Wildman–Crippen LogP) is 2.97. The summed E-state index contributed by atoms with van der Waals surface area (Å²) in [6, 6.07) is 6.02. The lowest BCUT2D eigenvalue weighted by atomic mass is 10.1. The van der Waals surface area contributed by atoms with Crippen molar-refractivity contribution in [3.05, 3.63) is 51.5 Å². The standard InChI is InChI=1S/C16H19N3OS.ClH/c1-11-8-15(21-12(11)2)16(20)19-7-6-18-10-14(19)13-4-3-5-17-9-13;/h3-5,8-9,14,18H,6-7,10H2,1-2H3;1H. The van der Waals surface area contributed by atoms with Gasteiger partial charge < -0.3 is 10.2 Å². The van der Waals surface area contributed by atoms with Crippen LogP contribution in [0.2, 0.25) is 0 Å². The third-order valence-electron chi connectivity index (χ3n) is 3.95. The molecule has 3 heterocycles. The van der Waals surface area contributed by atoms with Gasteiger partial charge in [-0.25, -0.2) is 0 Å². The average molecular weight is 338 g/mol. The van der Waals surface area contributed by atoms with E-state index in [1.807, 2.05) is 29.3 Å². The van der Waals surface area contributed by atoms with E-state index in [0.29, 0.717) is 0 Å². The number of piperazine rings is 1. The number of rotatable bonds is 2. The molecule has 6 heteroatoms. The number of carbonyl (C=O) groups is 1. The van der Waals surface area contributed by atoms with E-state index < -0.39 is 0 Å². The number of aryl methyl sites for hydroxylation is 2. The molecule has 0 radical (unpaired) electrons. The van der Waals surface area contributed by atoms with Crippen molar-refractivity contribution in [2.45, 2.75) is 19.9 Å². The maximum absolute atomic E-state index is 12.8. The van der Waals surface area contributed by atoms with Crippen LogP contribution < -0.4 is 5.32 Å². The van der Waals surface area contributed by atoms with E-state index in [4.69, 9.17) is 0 Å². The van der Waals surface area contributed by atoms with Crippen LogP contribution in [0.3, 0.4) is 0 Å². The molecule has 22 heavy (non-hydrogen) atoms. The fraction of sp³-hybridized carbons (Fsp3) is 0.375. The van der Waals surface area contributed by atoms with Crippen molar-refractivity contribution < 1.29 is 4.79 Å². The fourth-order valence-electron chi connectivity index (χ4n) is 2.64. The number of hydrogen-bond acceptors (Lipinski definition) is 4. The second-order valence-electron chi connectivity index (χ2n) is 5.35. The zero-order valence-corrected chi connectivity index (χ0v) is 14.3. The normalized spacial score (nSPS) is 17.9. The van der Waals surface area contributed by atoms with Crippen molar-refractivity contribution in [2.75, 3.05) is 19.6 Å². The van der Waals surface area contributed by atoms with Crippen LogP contribution in [0, 0.1) is 13.8 Å². The van der Waals surface area contributed by atoms with Gasteiger partial charge in [-0.05, 0) is 37.1 Å². The Bertz CT molecular complexity index is 625. The number of amides is 1. The molecule has 0 spiro atoms. The molecule has 2 aromatic heterocycles. The van der Waals surface area contributed by atoms with Crippen molar-refractivity contribution in [3.8, 4) is 0 Å². The molecule has 1 fully saturated rings. The van der Waals surface area contributed by atoms with Gasteiger partial charge in [0.1, 0.15) is 0 Å². The first kappa shape index (κ1) is 16.9. The zero-order valence-electron chi connectivity index (χ0n) is 12.7. The maximum atomic E-state index is 12.8. The van der Waals surface area contributed by atoms with Crippen molar-refractivity contribution in [3.63, 3.8) is 0 Å². The highest BCUT2D eigenvalue weighted by Gasteiger charge is 2.29. The first-order chi connectivity index (χ1) is 10.2. The number of hydrogen-bond donors (Lipinski definition) is 1. The van der Waals surface area contributed by atoms with Crippen LogP contribution >= 0.6 is 23.7 Å². The van der Waals surface area contributed by atoms with Crippen LogP contribution in [-0.4, -0.2) is 35.4 Å². The van der Waals surface area contributed by atoms with Gasteiger partial charge in [0, 0.05) is 36.9 Å². The van der Waals surface area contributed by atoms with Gasteiger partial charge in [0.05, 0.1) is 10.9 Å². The molecule has 1 amide bonds. The van der Waals surface area contributed by atoms with Gasteiger partial charge in [0.15, 0.2) is 0 Å². The highest BCUT2D eigenvalue weighted by Crippen LogP contribution is 2.27. The van der Waals surface area contributed by atoms with Crippen LogP contribution in [0.15, 0.2) is 30.6 Å². The van der Waals surface area contributed by atoms with E-state index in [1.54, 1.807) is 17.5 Å². The largest absolute Gasteiger partial charge is 0.328 e. The van der Waals surface area contributed by atoms with Gasteiger partial charge in [-0.2, -0.15) is 0 Å². The maximum Gasteiger partial charge on any atom is 0.264 e. The topological polar surface area (TPSA) is 45.2 Å². The van der Waals surface area contributed by atoms with E-state index >= 15 is 0 Å². The van der Waals surface area contributed by atoms with Crippen LogP contribution in [0.4, 0.5) is 0 Å². The van der Waals surface area contributed by atoms with Crippen molar-refractivity contribution >= 4 is 29.7 Å². The summed E-state index contributed by atoms with van der Waals surface area (Å²) >= 11 is 1.59. The predicted molar refractivity (Wildman–Crippen MR) is 91.9 cm³/mol. The molecule has 1 atom stereocenters. The van der Waals surface area contributed by atoms with Crippen LogP contribution in [0.1, 0.15) is 31.7 Å². The monoisotopic (exact) mass is 337 g/mol. The van der Waals surface area contributed by atoms with Crippen molar-refractivity contribution in [1.82, 2.24) is 15.2 Å². The molecule has 0 saturated carbocycles. The van der Waals surface area contributed by atoms with Gasteiger partial charge in [-0.3, -0.25) is 9.78 Å². The zero-order chi connectivity index (χ0) is 14.8. The second-order valence-corrected chi connectivity index (χ2v) is 6.61. The average Bonchev–Trinajstić information content (AvgIpc) is 2.87. The minimum atomic E-state index is 0. The van der Waals surface area contributed by atoms with Gasteiger partial charge in [0.2, 0.25) is 0 Å². The first-order valence-electron chi connectivity index (χ1n) is 7.15. The van der Waals surface area contributed by atoms with E-state index in [2.05, 4.69) is 24.1 Å². The fourth-order valence-corrected chi connectivity index (χ4v) is 3.63. The second kappa shape index (κ2) is 7.22. The third kappa shape index (κ3) is 3.32. The lowest BCUT2D eigenvalue weighted by molar-refractivity contribution is 0.0639. The Morgan fingerprint density at radius 2 is 2.27 bits per heavy atom. The lowest BCUT2D eigenvalue weighted by Crippen LogP contribution is -2.48. The molecule has 1 aliphatic rings. The minimum absolute atomic E-state index is 0. The van der Waals surface area contributed by atoms with Crippen molar-refractivity contribution in [1.29, 1.82) is 0 Å². The molecule has 1 saturated heterocycles. The Morgan fingerprint density at radius 3 is 2.91 bits per heavy atom. The van der Waals surface area contributed by atoms with Crippen molar-refractivity contribution in [2.24, 2.45) is 0 Å². The van der Waals surface area contributed by atoms with Gasteiger partial charge >= 0.3 is 0 Å². The minimum Gasteiger partial charge on any atom is -0.328 e. The van der Waals surface area contributed by atoms with E-state index in [0.717, 1.165) is 30.1 Å². The molecule has 1 unspecified atom stereocenters. The summed E-state index contributed by atoms with van der Waals surface area (Å²) in [5, 5.41) is 3.37. The number of aromatic nitrogens is 1. The molecule has 4 nitrogen and oxygen atoms in total. The molecule has 0 aliphatic carbocycles. The third-order valence-corrected chi connectivity index (χ3v) is 5.09. The lowest BCUT2D eigenvalue weighted by Gasteiger charge is -2.36. The first-order valence-corrected chi connectivity index (χ1v) is 7.97. The number of halogens is 1. The molecule has 2 aromatic rings. The Labute approximate surface area is 141 Å². The Hall–Kier alpha value is -1.43. The molecule has 1 aliphatic heterocycles. The van der Waals surface area contributed by atoms with E-state index in [9.17, 15) is 4.79 Å². The number of thiophene rings is 1. The van der Waals surface area contributed by atoms with Crippen LogP contribution in [0.25, 0.3) is 0 Å². The summed E-state index contributed by atoms with van der Waals surface area (Å²) in [6.07, 6.45) is 3.61. The SMILES string of the molecule is Cc1cc(C(=O)N2CCNCC2c2cccnc2)sc1C.Cl. The molecule has 118 valence electrons. The number of pyridine rings is 1. The highest BCUT2D eigenvalue weighted by molar-refractivity contribution is 7.14. The molecule has 3 rings (SSSR count). The summed E-state index contributed by atoms with van der Waals surface area (Å²) in [4.78, 5) is 21.0. The highest BCUT2D eigenvalue weighted by atomic mass is 35.5. The molecular weight excluding hydrogens is 318 g/mol. The Morgan fingerprint density at radius 1 is 1.45 bits per heavy atom. The quantitative estimate of drug-likeness (QED) is 0.916.